The van der Waals surface area contributed by atoms with Crippen LogP contribution in [0.1, 0.15) is 101 Å². The van der Waals surface area contributed by atoms with Crippen molar-refractivity contribution in [2.75, 3.05) is 26.4 Å². The molecule has 2 aliphatic heterocycles. The second-order valence-electron chi connectivity index (χ2n) is 13.5. The van der Waals surface area contributed by atoms with Gasteiger partial charge >= 0.3 is 12.1 Å². The molecule has 2 heterocycles. The normalized spacial score (nSPS) is 25.9. The fourth-order valence-corrected chi connectivity index (χ4v) is 7.56. The number of esters is 1. The number of amides is 1. The van der Waals surface area contributed by atoms with E-state index in [1.54, 1.807) is 0 Å². The predicted octanol–water partition coefficient (Wildman–Crippen LogP) is 8.44. The van der Waals surface area contributed by atoms with Gasteiger partial charge in [-0.25, -0.2) is 9.59 Å². The number of nitrogens with zero attached hydrogens (tertiary/aromatic N) is 1. The number of hydrogen-bond donors (Lipinski definition) is 0. The minimum absolute atomic E-state index is 0.0594. The standard InChI is InChI=1S/C40H51NO7/c1-2-24-44-39(42)37-25-31(48-38-23-15-18-30(47-38)27-45-29-16-9-7-5-3-4-6-8-10-17-29)26-41(37)40(43)46-28-36-34-21-13-11-19-32(34)33-20-12-14-22-35(33)36/h2,11-14,16,19-22,30-31,36-38H,1,3-10,15,17-18,23-28H2/b29-16+/t30?,31-,37+,38?/m1/s1. The van der Waals surface area contributed by atoms with Gasteiger partial charge < -0.3 is 23.7 Å². The van der Waals surface area contributed by atoms with Crippen LogP contribution in [-0.2, 0) is 28.5 Å². The Morgan fingerprint density at radius 3 is 2.31 bits per heavy atom. The molecule has 2 aromatic rings. The molecule has 8 nitrogen and oxygen atoms in total. The van der Waals surface area contributed by atoms with Crippen molar-refractivity contribution < 1.29 is 33.3 Å². The summed E-state index contributed by atoms with van der Waals surface area (Å²) in [4.78, 5) is 28.2. The largest absolute Gasteiger partial charge is 0.496 e. The zero-order valence-electron chi connectivity index (χ0n) is 28.2. The van der Waals surface area contributed by atoms with Crippen LogP contribution in [0.4, 0.5) is 4.79 Å². The zero-order valence-corrected chi connectivity index (χ0v) is 28.2. The molecule has 48 heavy (non-hydrogen) atoms. The fourth-order valence-electron chi connectivity index (χ4n) is 7.56. The van der Waals surface area contributed by atoms with E-state index in [-0.39, 0.29) is 37.9 Å². The number of carbonyl (C=O) groups excluding carboxylic acids is 2. The number of allylic oxidation sites excluding steroid dienone is 2. The van der Waals surface area contributed by atoms with Gasteiger partial charge in [0.1, 0.15) is 25.9 Å². The fraction of sp³-hybridized carbons (Fsp3) is 0.550. The first-order valence-corrected chi connectivity index (χ1v) is 18.1. The Morgan fingerprint density at radius 2 is 1.56 bits per heavy atom. The van der Waals surface area contributed by atoms with Crippen LogP contribution in [-0.4, -0.2) is 67.9 Å². The summed E-state index contributed by atoms with van der Waals surface area (Å²) in [7, 11) is 0. The Bertz CT molecular complexity index is 1380. The van der Waals surface area contributed by atoms with Gasteiger partial charge in [0.15, 0.2) is 6.29 Å². The highest BCUT2D eigenvalue weighted by molar-refractivity contribution is 5.83. The maximum Gasteiger partial charge on any atom is 0.410 e. The lowest BCUT2D eigenvalue weighted by molar-refractivity contribution is -0.219. The first kappa shape index (κ1) is 34.3. The van der Waals surface area contributed by atoms with Gasteiger partial charge in [-0.05, 0) is 66.9 Å². The van der Waals surface area contributed by atoms with Crippen LogP contribution < -0.4 is 0 Å². The van der Waals surface area contributed by atoms with Crippen LogP contribution in [0, 0.1) is 0 Å². The predicted molar refractivity (Wildman–Crippen MR) is 184 cm³/mol. The minimum Gasteiger partial charge on any atom is -0.496 e. The summed E-state index contributed by atoms with van der Waals surface area (Å²) in [6, 6.07) is 15.6. The number of likely N-dealkylation sites (tertiary alicyclic amines) is 1. The maximum atomic E-state index is 13.6. The molecule has 258 valence electrons. The van der Waals surface area contributed by atoms with Gasteiger partial charge in [0.05, 0.1) is 24.5 Å². The lowest BCUT2D eigenvalue weighted by Gasteiger charge is -2.31. The van der Waals surface area contributed by atoms with E-state index < -0.39 is 24.4 Å². The molecule has 0 bridgehead atoms. The second-order valence-corrected chi connectivity index (χ2v) is 13.5. The Balaban J connectivity index is 1.05. The smallest absolute Gasteiger partial charge is 0.410 e. The SMILES string of the molecule is C=CCOC(=O)[C@@H]1C[C@@H](OC2CCCC(CO/C3=C/CCCCCCCCC3)O2)CN1C(=O)OCC1c2ccccc2-c2ccccc21. The Morgan fingerprint density at radius 1 is 0.854 bits per heavy atom. The van der Waals surface area contributed by atoms with Gasteiger partial charge in [-0.1, -0.05) is 93.3 Å². The van der Waals surface area contributed by atoms with E-state index in [0.29, 0.717) is 13.0 Å². The Labute approximate surface area is 285 Å². The molecule has 4 aliphatic rings. The van der Waals surface area contributed by atoms with Crippen molar-refractivity contribution in [1.82, 2.24) is 4.90 Å². The van der Waals surface area contributed by atoms with Gasteiger partial charge in [0.25, 0.3) is 0 Å². The topological polar surface area (TPSA) is 83.5 Å². The molecule has 4 atom stereocenters. The van der Waals surface area contributed by atoms with Gasteiger partial charge in [0.2, 0.25) is 0 Å². The van der Waals surface area contributed by atoms with Crippen molar-refractivity contribution in [3.8, 4) is 11.1 Å². The van der Waals surface area contributed by atoms with Crippen molar-refractivity contribution in [3.05, 3.63) is 84.1 Å². The monoisotopic (exact) mass is 657 g/mol. The Kier molecular flexibility index (Phi) is 12.2. The first-order chi connectivity index (χ1) is 23.6. The number of ether oxygens (including phenoxy) is 5. The van der Waals surface area contributed by atoms with E-state index in [1.165, 1.54) is 55.9 Å². The van der Waals surface area contributed by atoms with Crippen LogP contribution in [0.3, 0.4) is 0 Å². The highest BCUT2D eigenvalue weighted by atomic mass is 16.7. The van der Waals surface area contributed by atoms with Crippen molar-refractivity contribution in [3.63, 3.8) is 0 Å². The number of hydrogen-bond acceptors (Lipinski definition) is 7. The lowest BCUT2D eigenvalue weighted by atomic mass is 9.98. The van der Waals surface area contributed by atoms with E-state index in [9.17, 15) is 9.59 Å². The third-order valence-corrected chi connectivity index (χ3v) is 10.1. The van der Waals surface area contributed by atoms with E-state index in [0.717, 1.165) is 60.1 Å². The molecular weight excluding hydrogens is 606 g/mol. The highest BCUT2D eigenvalue weighted by Gasteiger charge is 2.44. The second kappa shape index (κ2) is 17.2. The molecule has 6 rings (SSSR count). The molecule has 2 aromatic carbocycles. The molecule has 1 amide bonds. The molecule has 0 spiro atoms. The molecule has 0 saturated carbocycles. The summed E-state index contributed by atoms with van der Waals surface area (Å²) in [5, 5.41) is 0. The van der Waals surface area contributed by atoms with E-state index >= 15 is 0 Å². The molecular formula is C40H51NO7. The molecule has 2 unspecified atom stereocenters. The zero-order chi connectivity index (χ0) is 33.1. The third kappa shape index (κ3) is 8.69. The van der Waals surface area contributed by atoms with Crippen molar-refractivity contribution in [2.24, 2.45) is 0 Å². The summed E-state index contributed by atoms with van der Waals surface area (Å²) in [6.45, 7) is 4.63. The average Bonchev–Trinajstić information content (AvgIpc) is 3.66. The molecule has 2 aliphatic carbocycles. The summed E-state index contributed by atoms with van der Waals surface area (Å²) in [6.07, 6.45) is 16.3. The average molecular weight is 658 g/mol. The van der Waals surface area contributed by atoms with E-state index in [1.807, 2.05) is 24.3 Å². The van der Waals surface area contributed by atoms with Crippen molar-refractivity contribution in [1.29, 1.82) is 0 Å². The quantitative estimate of drug-likeness (QED) is 0.187. The molecule has 0 radical (unpaired) electrons. The van der Waals surface area contributed by atoms with Gasteiger partial charge in [-0.3, -0.25) is 4.90 Å². The van der Waals surface area contributed by atoms with Gasteiger partial charge in [0, 0.05) is 18.8 Å². The maximum absolute atomic E-state index is 13.6. The van der Waals surface area contributed by atoms with Crippen LogP contribution >= 0.6 is 0 Å². The van der Waals surface area contributed by atoms with E-state index in [2.05, 4.69) is 36.9 Å². The summed E-state index contributed by atoms with van der Waals surface area (Å²) >= 11 is 0. The Hall–Kier alpha value is -3.62. The van der Waals surface area contributed by atoms with E-state index in [4.69, 9.17) is 23.7 Å². The minimum atomic E-state index is -0.808. The molecule has 2 saturated heterocycles. The molecule has 8 heteroatoms. The molecule has 2 fully saturated rings. The van der Waals surface area contributed by atoms with Gasteiger partial charge in [-0.2, -0.15) is 0 Å². The molecule has 0 N–H and O–H groups in total. The molecule has 0 aromatic heterocycles. The van der Waals surface area contributed by atoms with Crippen LogP contribution in [0.25, 0.3) is 11.1 Å². The van der Waals surface area contributed by atoms with Crippen LogP contribution in [0.2, 0.25) is 0 Å². The summed E-state index contributed by atoms with van der Waals surface area (Å²) in [5.41, 5.74) is 4.59. The lowest BCUT2D eigenvalue weighted by Crippen LogP contribution is -2.42. The summed E-state index contributed by atoms with van der Waals surface area (Å²) < 4.78 is 30.4. The number of rotatable bonds is 10. The van der Waals surface area contributed by atoms with Crippen LogP contribution in [0.5, 0.6) is 0 Å². The number of carbonyl (C=O) groups is 2. The first-order valence-electron chi connectivity index (χ1n) is 18.1. The number of fused-ring (bicyclic) bond motifs is 3. The van der Waals surface area contributed by atoms with Crippen LogP contribution in [0.15, 0.2) is 73.0 Å². The highest BCUT2D eigenvalue weighted by Crippen LogP contribution is 2.44. The van der Waals surface area contributed by atoms with Gasteiger partial charge in [-0.15, -0.1) is 0 Å². The third-order valence-electron chi connectivity index (χ3n) is 10.1. The van der Waals surface area contributed by atoms with Crippen molar-refractivity contribution >= 4 is 12.1 Å². The number of benzene rings is 2. The summed E-state index contributed by atoms with van der Waals surface area (Å²) in [5.74, 6) is 0.535. The van der Waals surface area contributed by atoms with Crippen molar-refractivity contribution in [2.45, 2.75) is 114 Å².